The molecule has 0 unspecified atom stereocenters. The molecule has 132 valence electrons. The van der Waals surface area contributed by atoms with Gasteiger partial charge in [0.15, 0.2) is 0 Å². The number of nitrogens with one attached hydrogen (secondary N) is 2. The molecular formula is C19H22ClN3O2. The summed E-state index contributed by atoms with van der Waals surface area (Å²) < 4.78 is 0. The summed E-state index contributed by atoms with van der Waals surface area (Å²) in [5.74, 6) is -0.465. The molecule has 0 fully saturated rings. The van der Waals surface area contributed by atoms with E-state index in [1.165, 1.54) is 4.90 Å². The number of nitrogens with zero attached hydrogens (tertiary/aromatic N) is 1. The highest BCUT2D eigenvalue weighted by molar-refractivity contribution is 6.33. The third-order valence-electron chi connectivity index (χ3n) is 3.85. The van der Waals surface area contributed by atoms with Crippen molar-refractivity contribution in [3.63, 3.8) is 0 Å². The van der Waals surface area contributed by atoms with Crippen molar-refractivity contribution < 1.29 is 9.59 Å². The standard InChI is InChI=1S/C19H22ClN3O2/c1-13-7-6-8-14(2)19(13)21-11-18(25)23(3)12-17(24)22-16-10-5-4-9-15(16)20/h4-10,21H,11-12H2,1-3H3,(H,22,24). The largest absolute Gasteiger partial charge is 0.376 e. The topological polar surface area (TPSA) is 61.4 Å². The molecule has 0 aliphatic rings. The highest BCUT2D eigenvalue weighted by Gasteiger charge is 2.14. The van der Waals surface area contributed by atoms with Crippen LogP contribution in [-0.4, -0.2) is 36.9 Å². The van der Waals surface area contributed by atoms with Crippen molar-refractivity contribution in [1.82, 2.24) is 4.90 Å². The zero-order valence-corrected chi connectivity index (χ0v) is 15.4. The SMILES string of the molecule is Cc1cccc(C)c1NCC(=O)N(C)CC(=O)Nc1ccccc1Cl. The fourth-order valence-corrected chi connectivity index (χ4v) is 2.63. The van der Waals surface area contributed by atoms with Crippen LogP contribution in [0.15, 0.2) is 42.5 Å². The van der Waals surface area contributed by atoms with Gasteiger partial charge >= 0.3 is 0 Å². The molecule has 0 radical (unpaired) electrons. The first-order valence-electron chi connectivity index (χ1n) is 7.97. The van der Waals surface area contributed by atoms with Gasteiger partial charge in [-0.15, -0.1) is 0 Å². The lowest BCUT2D eigenvalue weighted by Crippen LogP contribution is -2.38. The third-order valence-corrected chi connectivity index (χ3v) is 4.18. The Morgan fingerprint density at radius 2 is 1.68 bits per heavy atom. The van der Waals surface area contributed by atoms with Crippen LogP contribution < -0.4 is 10.6 Å². The van der Waals surface area contributed by atoms with Crippen molar-refractivity contribution in [2.75, 3.05) is 30.8 Å². The van der Waals surface area contributed by atoms with E-state index in [1.54, 1.807) is 31.3 Å². The van der Waals surface area contributed by atoms with E-state index in [9.17, 15) is 9.59 Å². The smallest absolute Gasteiger partial charge is 0.244 e. The third kappa shape index (κ3) is 5.22. The van der Waals surface area contributed by atoms with E-state index in [4.69, 9.17) is 11.6 Å². The van der Waals surface area contributed by atoms with E-state index in [1.807, 2.05) is 32.0 Å². The van der Waals surface area contributed by atoms with Gasteiger partial charge in [0.05, 0.1) is 23.8 Å². The molecule has 0 spiro atoms. The van der Waals surface area contributed by atoms with Gasteiger partial charge in [0.25, 0.3) is 0 Å². The fourth-order valence-electron chi connectivity index (χ4n) is 2.45. The second kappa shape index (κ2) is 8.53. The maximum atomic E-state index is 12.3. The molecule has 0 saturated carbocycles. The summed E-state index contributed by atoms with van der Waals surface area (Å²) in [6.07, 6.45) is 0. The van der Waals surface area contributed by atoms with E-state index in [2.05, 4.69) is 10.6 Å². The predicted molar refractivity (Wildman–Crippen MR) is 102 cm³/mol. The summed E-state index contributed by atoms with van der Waals surface area (Å²) in [7, 11) is 1.60. The number of halogens is 1. The van der Waals surface area contributed by atoms with Gasteiger partial charge in [-0.1, -0.05) is 41.9 Å². The van der Waals surface area contributed by atoms with Crippen molar-refractivity contribution in [3.8, 4) is 0 Å². The Bertz CT molecular complexity index is 757. The molecule has 2 rings (SSSR count). The molecule has 2 aromatic carbocycles. The average Bonchev–Trinajstić information content (AvgIpc) is 2.56. The van der Waals surface area contributed by atoms with Gasteiger partial charge in [-0.2, -0.15) is 0 Å². The number of hydrogen-bond donors (Lipinski definition) is 2. The van der Waals surface area contributed by atoms with E-state index >= 15 is 0 Å². The van der Waals surface area contributed by atoms with E-state index in [0.717, 1.165) is 16.8 Å². The number of likely N-dealkylation sites (N-methyl/N-ethyl adjacent to an activating group) is 1. The zero-order valence-electron chi connectivity index (χ0n) is 14.6. The van der Waals surface area contributed by atoms with Crippen LogP contribution in [-0.2, 0) is 9.59 Å². The van der Waals surface area contributed by atoms with Gasteiger partial charge in [-0.3, -0.25) is 9.59 Å². The second-order valence-corrected chi connectivity index (χ2v) is 6.31. The van der Waals surface area contributed by atoms with E-state index in [-0.39, 0.29) is 24.9 Å². The van der Waals surface area contributed by atoms with Gasteiger partial charge in [0.1, 0.15) is 0 Å². The number of para-hydroxylation sites is 2. The molecule has 25 heavy (non-hydrogen) atoms. The summed E-state index contributed by atoms with van der Waals surface area (Å²) in [6.45, 7) is 4.06. The number of rotatable bonds is 6. The monoisotopic (exact) mass is 359 g/mol. The summed E-state index contributed by atoms with van der Waals surface area (Å²) in [5, 5.41) is 6.31. The van der Waals surface area contributed by atoms with Crippen LogP contribution in [0.2, 0.25) is 5.02 Å². The molecule has 0 saturated heterocycles. The summed E-state index contributed by atoms with van der Waals surface area (Å²) in [5.41, 5.74) is 3.63. The minimum atomic E-state index is -0.295. The number of carbonyl (C=O) groups is 2. The van der Waals surface area contributed by atoms with E-state index < -0.39 is 0 Å². The number of anilines is 2. The van der Waals surface area contributed by atoms with Gasteiger partial charge in [0.2, 0.25) is 11.8 Å². The maximum Gasteiger partial charge on any atom is 0.244 e. The lowest BCUT2D eigenvalue weighted by molar-refractivity contribution is -0.131. The van der Waals surface area contributed by atoms with Crippen molar-refractivity contribution in [2.24, 2.45) is 0 Å². The Kier molecular flexibility index (Phi) is 6.42. The molecular weight excluding hydrogens is 338 g/mol. The Labute approximate surface area is 153 Å². The second-order valence-electron chi connectivity index (χ2n) is 5.90. The van der Waals surface area contributed by atoms with Crippen LogP contribution >= 0.6 is 11.6 Å². The molecule has 0 heterocycles. The molecule has 5 nitrogen and oxygen atoms in total. The Hall–Kier alpha value is -2.53. The summed E-state index contributed by atoms with van der Waals surface area (Å²) >= 11 is 6.01. The molecule has 6 heteroatoms. The fraction of sp³-hybridized carbons (Fsp3) is 0.263. The lowest BCUT2D eigenvalue weighted by atomic mass is 10.1. The first-order valence-corrected chi connectivity index (χ1v) is 8.34. The van der Waals surface area contributed by atoms with Crippen LogP contribution in [0.3, 0.4) is 0 Å². The number of benzene rings is 2. The van der Waals surface area contributed by atoms with Crippen LogP contribution in [0, 0.1) is 13.8 Å². The molecule has 2 aromatic rings. The predicted octanol–water partition coefficient (Wildman–Crippen LogP) is 3.47. The molecule has 0 bridgehead atoms. The molecule has 2 amide bonds. The highest BCUT2D eigenvalue weighted by Crippen LogP contribution is 2.20. The normalized spacial score (nSPS) is 10.2. The Balaban J connectivity index is 1.88. The van der Waals surface area contributed by atoms with Crippen LogP contribution in [0.1, 0.15) is 11.1 Å². The summed E-state index contributed by atoms with van der Waals surface area (Å²) in [6, 6.07) is 12.9. The summed E-state index contributed by atoms with van der Waals surface area (Å²) in [4.78, 5) is 25.7. The Morgan fingerprint density at radius 3 is 2.32 bits per heavy atom. The quantitative estimate of drug-likeness (QED) is 0.830. The van der Waals surface area contributed by atoms with Gasteiger partial charge in [0, 0.05) is 12.7 Å². The van der Waals surface area contributed by atoms with Gasteiger partial charge in [-0.05, 0) is 37.1 Å². The number of carbonyl (C=O) groups excluding carboxylic acids is 2. The van der Waals surface area contributed by atoms with Gasteiger partial charge in [-0.25, -0.2) is 0 Å². The van der Waals surface area contributed by atoms with Crippen molar-refractivity contribution in [2.45, 2.75) is 13.8 Å². The first kappa shape index (κ1) is 18.8. The van der Waals surface area contributed by atoms with Crippen LogP contribution in [0.4, 0.5) is 11.4 Å². The van der Waals surface area contributed by atoms with Crippen LogP contribution in [0.5, 0.6) is 0 Å². The lowest BCUT2D eigenvalue weighted by Gasteiger charge is -2.19. The molecule has 0 atom stereocenters. The van der Waals surface area contributed by atoms with Gasteiger partial charge < -0.3 is 15.5 Å². The number of aryl methyl sites for hydroxylation is 2. The maximum absolute atomic E-state index is 12.3. The zero-order chi connectivity index (χ0) is 18.4. The number of hydrogen-bond acceptors (Lipinski definition) is 3. The minimum Gasteiger partial charge on any atom is -0.376 e. The average molecular weight is 360 g/mol. The molecule has 0 aromatic heterocycles. The van der Waals surface area contributed by atoms with Crippen molar-refractivity contribution in [3.05, 3.63) is 58.6 Å². The highest BCUT2D eigenvalue weighted by atomic mass is 35.5. The molecule has 0 aliphatic heterocycles. The molecule has 0 aliphatic carbocycles. The van der Waals surface area contributed by atoms with Crippen LogP contribution in [0.25, 0.3) is 0 Å². The Morgan fingerprint density at radius 1 is 1.04 bits per heavy atom. The van der Waals surface area contributed by atoms with Crippen molar-refractivity contribution >= 4 is 34.8 Å². The number of amides is 2. The van der Waals surface area contributed by atoms with E-state index in [0.29, 0.717) is 10.7 Å². The minimum absolute atomic E-state index is 0.0432. The first-order chi connectivity index (χ1) is 11.9. The van der Waals surface area contributed by atoms with Crippen molar-refractivity contribution in [1.29, 1.82) is 0 Å². The molecule has 2 N–H and O–H groups in total.